The highest BCUT2D eigenvalue weighted by Gasteiger charge is 2.43. The number of nitrogens with zero attached hydrogens (tertiary/aromatic N) is 3. The third-order valence-electron chi connectivity index (χ3n) is 4.09. The van der Waals surface area contributed by atoms with Crippen molar-refractivity contribution in [2.45, 2.75) is 59.4 Å². The molecule has 0 fully saturated rings. The summed E-state index contributed by atoms with van der Waals surface area (Å²) >= 11 is 0. The second kappa shape index (κ2) is 5.25. The Morgan fingerprint density at radius 3 is 2.04 bits per heavy atom. The molecule has 0 aromatic carbocycles. The van der Waals surface area contributed by atoms with E-state index in [9.17, 15) is 19.8 Å². The Kier molecular flexibility index (Phi) is 3.95. The molecule has 0 aliphatic carbocycles. The van der Waals surface area contributed by atoms with Gasteiger partial charge < -0.3 is 10.2 Å². The first-order valence-corrected chi connectivity index (χ1v) is 7.70. The molecule has 1 atom stereocenters. The third-order valence-corrected chi connectivity index (χ3v) is 4.09. The number of imidazole rings is 1. The van der Waals surface area contributed by atoms with E-state index in [1.807, 2.05) is 41.5 Å². The molecule has 128 valence electrons. The van der Waals surface area contributed by atoms with Gasteiger partial charge in [-0.05, 0) is 5.41 Å². The maximum absolute atomic E-state index is 11.8. The van der Waals surface area contributed by atoms with Gasteiger partial charge in [0.1, 0.15) is 5.82 Å². The quantitative estimate of drug-likeness (QED) is 0.763. The third kappa shape index (κ3) is 2.92. The Bertz CT molecular complexity index is 650. The summed E-state index contributed by atoms with van der Waals surface area (Å²) in [6.45, 7) is 11.8. The average molecular weight is 323 g/mol. The molecule has 1 aliphatic heterocycles. The molecule has 0 saturated carbocycles. The minimum Gasteiger partial charge on any atom is -0.465 e. The van der Waals surface area contributed by atoms with Gasteiger partial charge in [-0.15, -0.1) is 0 Å². The van der Waals surface area contributed by atoms with Gasteiger partial charge in [0.25, 0.3) is 0 Å². The average Bonchev–Trinajstić information content (AvgIpc) is 2.74. The Balaban J connectivity index is 2.74. The van der Waals surface area contributed by atoms with E-state index >= 15 is 0 Å². The van der Waals surface area contributed by atoms with Gasteiger partial charge in [-0.3, -0.25) is 4.90 Å². The lowest BCUT2D eigenvalue weighted by molar-refractivity contribution is 0.0732. The molecule has 2 N–H and O–H groups in total. The van der Waals surface area contributed by atoms with Crippen molar-refractivity contribution < 1.29 is 19.8 Å². The smallest absolute Gasteiger partial charge is 0.417 e. The van der Waals surface area contributed by atoms with E-state index in [4.69, 9.17) is 0 Å². The lowest BCUT2D eigenvalue weighted by Crippen LogP contribution is -2.45. The van der Waals surface area contributed by atoms with E-state index < -0.39 is 23.6 Å². The van der Waals surface area contributed by atoms with Crippen LogP contribution in [-0.4, -0.2) is 43.4 Å². The van der Waals surface area contributed by atoms with E-state index in [1.54, 1.807) is 0 Å². The van der Waals surface area contributed by atoms with Crippen molar-refractivity contribution in [3.05, 3.63) is 17.2 Å². The van der Waals surface area contributed by atoms with Crippen LogP contribution in [0.3, 0.4) is 0 Å². The van der Waals surface area contributed by atoms with E-state index in [-0.39, 0.29) is 12.0 Å². The number of amides is 1. The molecule has 7 heteroatoms. The van der Waals surface area contributed by atoms with Gasteiger partial charge in [0.05, 0.1) is 17.4 Å². The van der Waals surface area contributed by atoms with Crippen molar-refractivity contribution in [1.29, 1.82) is 0 Å². The second-order valence-corrected chi connectivity index (χ2v) is 8.13. The van der Waals surface area contributed by atoms with Crippen LogP contribution in [0.2, 0.25) is 0 Å². The maximum atomic E-state index is 11.8. The van der Waals surface area contributed by atoms with Gasteiger partial charge in [0.15, 0.2) is 0 Å². The Morgan fingerprint density at radius 2 is 1.65 bits per heavy atom. The zero-order valence-electron chi connectivity index (χ0n) is 14.5. The molecular formula is C16H25N3O4. The first kappa shape index (κ1) is 17.3. The molecule has 1 amide bonds. The van der Waals surface area contributed by atoms with Crippen LogP contribution >= 0.6 is 0 Å². The van der Waals surface area contributed by atoms with Crippen molar-refractivity contribution in [2.75, 3.05) is 6.54 Å². The van der Waals surface area contributed by atoms with Crippen LogP contribution in [0.5, 0.6) is 0 Å². The van der Waals surface area contributed by atoms with Gasteiger partial charge in [-0.2, -0.15) is 0 Å². The Hall–Kier alpha value is -2.05. The largest absolute Gasteiger partial charge is 0.465 e. The minimum atomic E-state index is -1.07. The van der Waals surface area contributed by atoms with E-state index in [1.165, 1.54) is 9.47 Å². The summed E-state index contributed by atoms with van der Waals surface area (Å²) in [5, 5.41) is 19.1. The van der Waals surface area contributed by atoms with Gasteiger partial charge in [0.2, 0.25) is 0 Å². The van der Waals surface area contributed by atoms with Crippen molar-refractivity contribution in [3.63, 3.8) is 0 Å². The molecule has 7 nitrogen and oxygen atoms in total. The number of aromatic nitrogens is 2. The number of hydrogen-bond donors (Lipinski definition) is 2. The first-order chi connectivity index (χ1) is 10.4. The number of carbonyl (C=O) groups is 2. The van der Waals surface area contributed by atoms with Crippen molar-refractivity contribution in [3.8, 4) is 0 Å². The standard InChI is InChI=1S/C16H25N3O4/c1-15(2,3)11-10-9(7-8-18(11)13(20)21)19(14(22)23)12(17-10)16(4,5)6/h11H,7-8H2,1-6H3,(H,20,21)(H,22,23). The summed E-state index contributed by atoms with van der Waals surface area (Å²) in [6.07, 6.45) is -1.72. The number of hydrogen-bond acceptors (Lipinski definition) is 3. The van der Waals surface area contributed by atoms with Crippen LogP contribution < -0.4 is 0 Å². The lowest BCUT2D eigenvalue weighted by Gasteiger charge is -2.40. The monoisotopic (exact) mass is 323 g/mol. The zero-order chi connectivity index (χ0) is 17.7. The van der Waals surface area contributed by atoms with Crippen LogP contribution in [0.15, 0.2) is 0 Å². The van der Waals surface area contributed by atoms with Gasteiger partial charge in [-0.1, -0.05) is 41.5 Å². The van der Waals surface area contributed by atoms with E-state index in [0.29, 0.717) is 23.6 Å². The molecule has 1 aromatic rings. The SMILES string of the molecule is CC(C)(C)c1nc2c(n1C(=O)O)CCN(C(=O)O)C2C(C)(C)C. The molecule has 0 radical (unpaired) electrons. The van der Waals surface area contributed by atoms with Crippen LogP contribution in [0.25, 0.3) is 0 Å². The molecule has 23 heavy (non-hydrogen) atoms. The minimum absolute atomic E-state index is 0.271. The fraction of sp³-hybridized carbons (Fsp3) is 0.688. The predicted octanol–water partition coefficient (Wildman–Crippen LogP) is 3.33. The van der Waals surface area contributed by atoms with Crippen molar-refractivity contribution in [1.82, 2.24) is 14.5 Å². The van der Waals surface area contributed by atoms with E-state index in [2.05, 4.69) is 4.98 Å². The van der Waals surface area contributed by atoms with Crippen LogP contribution in [-0.2, 0) is 11.8 Å². The topological polar surface area (TPSA) is 95.7 Å². The fourth-order valence-corrected chi connectivity index (χ4v) is 3.23. The summed E-state index contributed by atoms with van der Waals surface area (Å²) in [5.74, 6) is 0.455. The lowest BCUT2D eigenvalue weighted by atomic mass is 9.81. The molecule has 2 rings (SSSR count). The summed E-state index contributed by atoms with van der Waals surface area (Å²) in [5.41, 5.74) is 0.338. The van der Waals surface area contributed by atoms with Gasteiger partial charge >= 0.3 is 12.2 Å². The summed E-state index contributed by atoms with van der Waals surface area (Å²) in [4.78, 5) is 29.4. The fourth-order valence-electron chi connectivity index (χ4n) is 3.23. The first-order valence-electron chi connectivity index (χ1n) is 7.70. The second-order valence-electron chi connectivity index (χ2n) is 8.13. The molecule has 1 unspecified atom stereocenters. The molecular weight excluding hydrogens is 298 g/mol. The zero-order valence-corrected chi connectivity index (χ0v) is 14.5. The highest BCUT2D eigenvalue weighted by molar-refractivity contribution is 5.72. The van der Waals surface area contributed by atoms with Crippen LogP contribution in [0.4, 0.5) is 9.59 Å². The maximum Gasteiger partial charge on any atom is 0.417 e. The summed E-state index contributed by atoms with van der Waals surface area (Å²) < 4.78 is 1.24. The molecule has 1 aromatic heterocycles. The Morgan fingerprint density at radius 1 is 1.09 bits per heavy atom. The highest BCUT2D eigenvalue weighted by Crippen LogP contribution is 2.43. The molecule has 0 spiro atoms. The van der Waals surface area contributed by atoms with E-state index in [0.717, 1.165) is 0 Å². The summed E-state index contributed by atoms with van der Waals surface area (Å²) in [6, 6.07) is -0.467. The highest BCUT2D eigenvalue weighted by atomic mass is 16.4. The van der Waals surface area contributed by atoms with Gasteiger partial charge in [0, 0.05) is 18.4 Å². The molecule has 2 heterocycles. The molecule has 1 aliphatic rings. The summed E-state index contributed by atoms with van der Waals surface area (Å²) in [7, 11) is 0. The number of fused-ring (bicyclic) bond motifs is 1. The van der Waals surface area contributed by atoms with Crippen LogP contribution in [0, 0.1) is 5.41 Å². The van der Waals surface area contributed by atoms with Crippen molar-refractivity contribution >= 4 is 12.2 Å². The molecule has 0 bridgehead atoms. The van der Waals surface area contributed by atoms with Crippen LogP contribution in [0.1, 0.15) is 64.8 Å². The number of carboxylic acid groups (broad SMARTS) is 2. The predicted molar refractivity (Wildman–Crippen MR) is 85.0 cm³/mol. The van der Waals surface area contributed by atoms with Crippen molar-refractivity contribution in [2.24, 2.45) is 5.41 Å². The van der Waals surface area contributed by atoms with Gasteiger partial charge in [-0.25, -0.2) is 19.1 Å². The normalized spacial score (nSPS) is 18.7. The number of rotatable bonds is 0. The molecule has 0 saturated heterocycles. The Labute approximate surface area is 135 Å².